The van der Waals surface area contributed by atoms with Gasteiger partial charge in [-0.1, -0.05) is 167 Å². The summed E-state index contributed by atoms with van der Waals surface area (Å²) in [6, 6.07) is 0. The molecule has 0 aromatic carbocycles. The average Bonchev–Trinajstić information content (AvgIpc) is 3.18. The standard InChI is InChI=1S/C43H83O12P/c1-3-5-7-9-11-13-15-16-17-18-19-20-21-23-25-27-29-31-33-52-34-36(54-37(44)32-30-28-26-24-22-14-12-10-8-6-4-2)35-53-56(50,51)55-43-41(48)39(46)38(45)40(47)42(43)49/h10,12,36,38-43,45-49H,3-9,11,13-35H2,1-2H3,(H,50,51)/b12-10-/t36-,38?,39-,40?,41?,42?,43?/m1/s1. The quantitative estimate of drug-likeness (QED) is 0.0150. The molecule has 0 bridgehead atoms. The second-order valence-electron chi connectivity index (χ2n) is 15.9. The fraction of sp³-hybridized carbons (Fsp3) is 0.930. The Morgan fingerprint density at radius 2 is 0.964 bits per heavy atom. The van der Waals surface area contributed by atoms with Crippen molar-refractivity contribution in [2.45, 2.75) is 236 Å². The molecule has 332 valence electrons. The first kappa shape index (κ1) is 53.1. The third kappa shape index (κ3) is 27.0. The van der Waals surface area contributed by atoms with Crippen molar-refractivity contribution in [1.82, 2.24) is 0 Å². The summed E-state index contributed by atoms with van der Waals surface area (Å²) in [5, 5.41) is 50.1. The number of esters is 1. The minimum absolute atomic E-state index is 0.0746. The summed E-state index contributed by atoms with van der Waals surface area (Å²) in [6.45, 7) is 4.22. The minimum atomic E-state index is -5.01. The molecule has 56 heavy (non-hydrogen) atoms. The SMILES string of the molecule is CCCC/C=C\CCCCCCCC(=O)O[C@H](COCCCCCCCCCCCCCCCCCCCC)COP(=O)(O)OC1C(O)C(O)C(O)[C@@H](O)C1O. The van der Waals surface area contributed by atoms with Gasteiger partial charge in [0.25, 0.3) is 0 Å². The Kier molecular flexibility index (Phi) is 33.1. The van der Waals surface area contributed by atoms with Crippen LogP contribution < -0.4 is 0 Å². The molecule has 0 saturated heterocycles. The van der Waals surface area contributed by atoms with Crippen molar-refractivity contribution in [2.24, 2.45) is 0 Å². The summed E-state index contributed by atoms with van der Waals surface area (Å²) >= 11 is 0. The van der Waals surface area contributed by atoms with Crippen molar-refractivity contribution >= 4 is 13.8 Å². The van der Waals surface area contributed by atoms with Crippen molar-refractivity contribution in [3.8, 4) is 0 Å². The first-order chi connectivity index (χ1) is 27.0. The van der Waals surface area contributed by atoms with Gasteiger partial charge in [0, 0.05) is 13.0 Å². The highest BCUT2D eigenvalue weighted by atomic mass is 31.2. The van der Waals surface area contributed by atoms with Gasteiger partial charge < -0.3 is 39.9 Å². The van der Waals surface area contributed by atoms with Gasteiger partial charge >= 0.3 is 13.8 Å². The fourth-order valence-electron chi connectivity index (χ4n) is 6.98. The lowest BCUT2D eigenvalue weighted by Gasteiger charge is -2.41. The first-order valence-corrected chi connectivity index (χ1v) is 24.0. The molecule has 0 heterocycles. The van der Waals surface area contributed by atoms with Gasteiger partial charge in [0.1, 0.15) is 42.7 Å². The van der Waals surface area contributed by atoms with Crippen LogP contribution in [0, 0.1) is 0 Å². The molecule has 6 N–H and O–H groups in total. The number of carbonyl (C=O) groups excluding carboxylic acids is 1. The van der Waals surface area contributed by atoms with Gasteiger partial charge in [0.15, 0.2) is 0 Å². The molecule has 1 saturated carbocycles. The van der Waals surface area contributed by atoms with E-state index in [0.717, 1.165) is 57.8 Å². The molecule has 12 nitrogen and oxygen atoms in total. The van der Waals surface area contributed by atoms with Gasteiger partial charge in [0.05, 0.1) is 13.2 Å². The molecule has 1 fully saturated rings. The van der Waals surface area contributed by atoms with E-state index in [4.69, 9.17) is 18.5 Å². The zero-order valence-electron chi connectivity index (χ0n) is 35.2. The molecule has 13 heteroatoms. The van der Waals surface area contributed by atoms with Gasteiger partial charge in [-0.2, -0.15) is 0 Å². The molecule has 0 aliphatic heterocycles. The summed E-state index contributed by atoms with van der Waals surface area (Å²) in [4.78, 5) is 23.1. The van der Waals surface area contributed by atoms with Crippen molar-refractivity contribution in [3.05, 3.63) is 12.2 Å². The van der Waals surface area contributed by atoms with Crippen LogP contribution in [0.3, 0.4) is 0 Å². The van der Waals surface area contributed by atoms with E-state index in [1.54, 1.807) is 0 Å². The number of ether oxygens (including phenoxy) is 2. The topological polar surface area (TPSA) is 192 Å². The van der Waals surface area contributed by atoms with Crippen molar-refractivity contribution in [3.63, 3.8) is 0 Å². The predicted octanol–water partition coefficient (Wildman–Crippen LogP) is 8.75. The molecule has 0 spiro atoms. The molecule has 8 atom stereocenters. The summed E-state index contributed by atoms with van der Waals surface area (Å²) in [5.41, 5.74) is 0. The highest BCUT2D eigenvalue weighted by molar-refractivity contribution is 7.47. The van der Waals surface area contributed by atoms with Crippen LogP contribution in [-0.2, 0) is 27.9 Å². The maximum atomic E-state index is 12.8. The summed E-state index contributed by atoms with van der Waals surface area (Å²) in [6.07, 6.45) is 24.3. The smallest absolute Gasteiger partial charge is 0.457 e. The molecule has 6 unspecified atom stereocenters. The number of aliphatic hydroxyl groups excluding tert-OH is 5. The Hall–Kier alpha value is -0.920. The van der Waals surface area contributed by atoms with Crippen LogP contribution in [-0.4, -0.2) is 98.9 Å². The zero-order chi connectivity index (χ0) is 41.3. The maximum absolute atomic E-state index is 12.8. The number of allylic oxidation sites excluding steroid dienone is 2. The molecule has 0 aromatic rings. The van der Waals surface area contributed by atoms with Crippen LogP contribution in [0.1, 0.15) is 194 Å². The van der Waals surface area contributed by atoms with E-state index in [-0.39, 0.29) is 13.0 Å². The average molecular weight is 823 g/mol. The van der Waals surface area contributed by atoms with Gasteiger partial charge in [0.2, 0.25) is 0 Å². The summed E-state index contributed by atoms with van der Waals surface area (Å²) < 4.78 is 34.1. The van der Waals surface area contributed by atoms with Crippen LogP contribution in [0.15, 0.2) is 12.2 Å². The number of aliphatic hydroxyl groups is 5. The Labute approximate surface area is 339 Å². The monoisotopic (exact) mass is 823 g/mol. The summed E-state index contributed by atoms with van der Waals surface area (Å²) in [7, 11) is -5.01. The second kappa shape index (κ2) is 34.9. The Morgan fingerprint density at radius 3 is 1.46 bits per heavy atom. The number of unbranched alkanes of at least 4 members (excludes halogenated alkanes) is 24. The molecule has 0 aromatic heterocycles. The van der Waals surface area contributed by atoms with Gasteiger partial charge in [-0.05, 0) is 32.1 Å². The largest absolute Gasteiger partial charge is 0.472 e. The summed E-state index contributed by atoms with van der Waals surface area (Å²) in [5.74, 6) is -0.485. The van der Waals surface area contributed by atoms with E-state index in [1.165, 1.54) is 109 Å². The van der Waals surface area contributed by atoms with E-state index >= 15 is 0 Å². The number of phosphoric acid groups is 1. The van der Waals surface area contributed by atoms with Gasteiger partial charge in [-0.25, -0.2) is 4.57 Å². The van der Waals surface area contributed by atoms with Crippen LogP contribution >= 0.6 is 7.82 Å². The highest BCUT2D eigenvalue weighted by Crippen LogP contribution is 2.47. The van der Waals surface area contributed by atoms with Gasteiger partial charge in [-0.15, -0.1) is 0 Å². The zero-order valence-corrected chi connectivity index (χ0v) is 36.1. The van der Waals surface area contributed by atoms with E-state index in [1.807, 2.05) is 0 Å². The number of phosphoric ester groups is 1. The van der Waals surface area contributed by atoms with Crippen LogP contribution in [0.4, 0.5) is 0 Å². The predicted molar refractivity (Wildman–Crippen MR) is 221 cm³/mol. The number of carbonyl (C=O) groups is 1. The normalized spacial score (nSPS) is 23.1. The second-order valence-corrected chi connectivity index (χ2v) is 17.3. The molecule has 1 aliphatic rings. The Morgan fingerprint density at radius 1 is 0.554 bits per heavy atom. The Balaban J connectivity index is 2.37. The van der Waals surface area contributed by atoms with E-state index in [0.29, 0.717) is 13.0 Å². The molecular formula is C43H83O12P. The van der Waals surface area contributed by atoms with E-state index in [9.17, 15) is 39.8 Å². The van der Waals surface area contributed by atoms with Crippen LogP contribution in [0.2, 0.25) is 0 Å². The van der Waals surface area contributed by atoms with E-state index < -0.39 is 63.1 Å². The lowest BCUT2D eigenvalue weighted by molar-refractivity contribution is -0.220. The molecule has 1 aliphatic carbocycles. The molecule has 0 radical (unpaired) electrons. The van der Waals surface area contributed by atoms with Crippen molar-refractivity contribution in [1.29, 1.82) is 0 Å². The third-order valence-corrected chi connectivity index (χ3v) is 11.6. The van der Waals surface area contributed by atoms with Crippen LogP contribution in [0.5, 0.6) is 0 Å². The highest BCUT2D eigenvalue weighted by Gasteiger charge is 2.51. The Bertz CT molecular complexity index is 984. The number of hydrogen-bond donors (Lipinski definition) is 6. The fourth-order valence-corrected chi connectivity index (χ4v) is 7.96. The van der Waals surface area contributed by atoms with Crippen molar-refractivity contribution in [2.75, 3.05) is 19.8 Å². The van der Waals surface area contributed by atoms with Gasteiger partial charge in [-0.3, -0.25) is 13.8 Å². The maximum Gasteiger partial charge on any atom is 0.472 e. The lowest BCUT2D eigenvalue weighted by Crippen LogP contribution is -2.64. The molecule has 1 rings (SSSR count). The minimum Gasteiger partial charge on any atom is -0.457 e. The number of rotatable bonds is 38. The molecule has 0 amide bonds. The first-order valence-electron chi connectivity index (χ1n) is 22.5. The molecular weight excluding hydrogens is 739 g/mol. The van der Waals surface area contributed by atoms with Crippen molar-refractivity contribution < 1.29 is 58.3 Å². The lowest BCUT2D eigenvalue weighted by atomic mass is 9.85. The third-order valence-electron chi connectivity index (χ3n) is 10.6. The van der Waals surface area contributed by atoms with Crippen LogP contribution in [0.25, 0.3) is 0 Å². The number of hydrogen-bond acceptors (Lipinski definition) is 11. The van der Waals surface area contributed by atoms with E-state index in [2.05, 4.69) is 26.0 Å².